The fourth-order valence-electron chi connectivity index (χ4n) is 1.75. The summed E-state index contributed by atoms with van der Waals surface area (Å²) in [7, 11) is 2.00. The smallest absolute Gasteiger partial charge is 0.0955 e. The standard InChI is InChI=1S/C12H18N4/c1-16-9-15-11-8-10(4-5-12(11)16)14-7-3-2-6-13/h4-5,8-9,14H,2-3,6-7,13H2,1H3. The topological polar surface area (TPSA) is 55.9 Å². The Hall–Kier alpha value is -1.55. The number of benzene rings is 1. The number of imidazole rings is 1. The third-order valence-corrected chi connectivity index (χ3v) is 2.69. The van der Waals surface area contributed by atoms with Crippen molar-refractivity contribution in [3.05, 3.63) is 24.5 Å². The Morgan fingerprint density at radius 1 is 1.38 bits per heavy atom. The Labute approximate surface area is 95.5 Å². The number of nitrogens with zero attached hydrogens (tertiary/aromatic N) is 2. The third kappa shape index (κ3) is 2.33. The van der Waals surface area contributed by atoms with Gasteiger partial charge in [-0.2, -0.15) is 0 Å². The van der Waals surface area contributed by atoms with E-state index in [1.165, 1.54) is 0 Å². The molecule has 0 radical (unpaired) electrons. The van der Waals surface area contributed by atoms with Crippen LogP contribution in [-0.2, 0) is 7.05 Å². The first-order chi connectivity index (χ1) is 7.81. The second-order valence-electron chi connectivity index (χ2n) is 3.98. The summed E-state index contributed by atoms with van der Waals surface area (Å²) in [5, 5.41) is 3.38. The van der Waals surface area contributed by atoms with Gasteiger partial charge in [-0.3, -0.25) is 0 Å². The average molecular weight is 218 g/mol. The molecule has 86 valence electrons. The van der Waals surface area contributed by atoms with E-state index in [1.54, 1.807) is 0 Å². The number of rotatable bonds is 5. The SMILES string of the molecule is Cn1cnc2cc(NCCCCN)ccc21. The van der Waals surface area contributed by atoms with Gasteiger partial charge >= 0.3 is 0 Å². The van der Waals surface area contributed by atoms with E-state index in [2.05, 4.69) is 28.5 Å². The zero-order chi connectivity index (χ0) is 11.4. The van der Waals surface area contributed by atoms with Gasteiger partial charge < -0.3 is 15.6 Å². The van der Waals surface area contributed by atoms with Gasteiger partial charge in [0.15, 0.2) is 0 Å². The lowest BCUT2D eigenvalue weighted by molar-refractivity contribution is 0.774. The van der Waals surface area contributed by atoms with E-state index >= 15 is 0 Å². The van der Waals surface area contributed by atoms with Crippen molar-refractivity contribution in [2.45, 2.75) is 12.8 Å². The van der Waals surface area contributed by atoms with E-state index in [0.717, 1.165) is 42.7 Å². The number of fused-ring (bicyclic) bond motifs is 1. The minimum Gasteiger partial charge on any atom is -0.385 e. The lowest BCUT2D eigenvalue weighted by Crippen LogP contribution is -2.05. The van der Waals surface area contributed by atoms with Crippen LogP contribution in [0, 0.1) is 0 Å². The minimum atomic E-state index is 0.765. The molecule has 1 heterocycles. The van der Waals surface area contributed by atoms with Crippen molar-refractivity contribution in [2.75, 3.05) is 18.4 Å². The van der Waals surface area contributed by atoms with Crippen LogP contribution < -0.4 is 11.1 Å². The second kappa shape index (κ2) is 4.99. The highest BCUT2D eigenvalue weighted by molar-refractivity contribution is 5.79. The van der Waals surface area contributed by atoms with Crippen LogP contribution in [0.15, 0.2) is 24.5 Å². The number of nitrogens with one attached hydrogen (secondary N) is 1. The van der Waals surface area contributed by atoms with Crippen LogP contribution in [0.25, 0.3) is 11.0 Å². The van der Waals surface area contributed by atoms with Gasteiger partial charge in [-0.05, 0) is 37.6 Å². The van der Waals surface area contributed by atoms with E-state index in [0.29, 0.717) is 0 Å². The minimum absolute atomic E-state index is 0.765. The van der Waals surface area contributed by atoms with Crippen molar-refractivity contribution < 1.29 is 0 Å². The van der Waals surface area contributed by atoms with Crippen LogP contribution in [0.1, 0.15) is 12.8 Å². The maximum atomic E-state index is 5.44. The van der Waals surface area contributed by atoms with E-state index in [-0.39, 0.29) is 0 Å². The molecule has 4 heteroatoms. The molecule has 3 N–H and O–H groups in total. The Bertz CT molecular complexity index is 461. The van der Waals surface area contributed by atoms with E-state index in [4.69, 9.17) is 5.73 Å². The fraction of sp³-hybridized carbons (Fsp3) is 0.417. The van der Waals surface area contributed by atoms with Crippen LogP contribution in [0.3, 0.4) is 0 Å². The molecule has 0 bridgehead atoms. The fourth-order valence-corrected chi connectivity index (χ4v) is 1.75. The van der Waals surface area contributed by atoms with Gasteiger partial charge in [0.05, 0.1) is 17.4 Å². The molecule has 1 aromatic carbocycles. The van der Waals surface area contributed by atoms with Gasteiger partial charge in [0.25, 0.3) is 0 Å². The lowest BCUT2D eigenvalue weighted by Gasteiger charge is -2.05. The van der Waals surface area contributed by atoms with Gasteiger partial charge in [-0.25, -0.2) is 4.98 Å². The quantitative estimate of drug-likeness (QED) is 0.751. The van der Waals surface area contributed by atoms with Crippen LogP contribution in [0.4, 0.5) is 5.69 Å². The number of hydrogen-bond acceptors (Lipinski definition) is 3. The lowest BCUT2D eigenvalue weighted by atomic mass is 10.2. The monoisotopic (exact) mass is 218 g/mol. The highest BCUT2D eigenvalue weighted by Crippen LogP contribution is 2.17. The predicted octanol–water partition coefficient (Wildman–Crippen LogP) is 1.72. The van der Waals surface area contributed by atoms with Gasteiger partial charge in [0.1, 0.15) is 0 Å². The number of anilines is 1. The van der Waals surface area contributed by atoms with Crippen LogP contribution in [0.5, 0.6) is 0 Å². The second-order valence-corrected chi connectivity index (χ2v) is 3.98. The highest BCUT2D eigenvalue weighted by Gasteiger charge is 2.00. The molecular formula is C12H18N4. The molecule has 0 atom stereocenters. The number of nitrogens with two attached hydrogens (primary N) is 1. The molecule has 4 nitrogen and oxygen atoms in total. The van der Waals surface area contributed by atoms with Crippen molar-refractivity contribution in [3.8, 4) is 0 Å². The maximum absolute atomic E-state index is 5.44. The zero-order valence-corrected chi connectivity index (χ0v) is 9.61. The van der Waals surface area contributed by atoms with E-state index in [9.17, 15) is 0 Å². The van der Waals surface area contributed by atoms with Crippen molar-refractivity contribution in [1.29, 1.82) is 0 Å². The summed E-state index contributed by atoms with van der Waals surface area (Å²) in [6.45, 7) is 1.73. The number of aromatic nitrogens is 2. The first kappa shape index (κ1) is 11.0. The Morgan fingerprint density at radius 2 is 2.25 bits per heavy atom. The summed E-state index contributed by atoms with van der Waals surface area (Å²) in [6.07, 6.45) is 4.01. The summed E-state index contributed by atoms with van der Waals surface area (Å²) in [5.41, 5.74) is 8.77. The summed E-state index contributed by atoms with van der Waals surface area (Å²) in [4.78, 5) is 4.33. The zero-order valence-electron chi connectivity index (χ0n) is 9.61. The molecular weight excluding hydrogens is 200 g/mol. The Kier molecular flexibility index (Phi) is 3.41. The molecule has 0 amide bonds. The first-order valence-corrected chi connectivity index (χ1v) is 5.66. The van der Waals surface area contributed by atoms with Gasteiger partial charge in [0, 0.05) is 19.3 Å². The summed E-state index contributed by atoms with van der Waals surface area (Å²) in [6, 6.07) is 6.26. The normalized spacial score (nSPS) is 10.9. The molecule has 0 aliphatic carbocycles. The Morgan fingerprint density at radius 3 is 3.06 bits per heavy atom. The van der Waals surface area contributed by atoms with Crippen molar-refractivity contribution in [1.82, 2.24) is 9.55 Å². The van der Waals surface area contributed by atoms with E-state index < -0.39 is 0 Å². The molecule has 0 aliphatic heterocycles. The molecule has 2 rings (SSSR count). The average Bonchev–Trinajstić information content (AvgIpc) is 2.66. The molecule has 1 aromatic heterocycles. The molecule has 16 heavy (non-hydrogen) atoms. The summed E-state index contributed by atoms with van der Waals surface area (Å²) in [5.74, 6) is 0. The number of hydrogen-bond donors (Lipinski definition) is 2. The van der Waals surface area contributed by atoms with Gasteiger partial charge in [-0.1, -0.05) is 0 Å². The van der Waals surface area contributed by atoms with Crippen LogP contribution in [-0.4, -0.2) is 22.6 Å². The summed E-state index contributed by atoms with van der Waals surface area (Å²) >= 11 is 0. The van der Waals surface area contributed by atoms with Crippen molar-refractivity contribution in [3.63, 3.8) is 0 Å². The Balaban J connectivity index is 2.02. The predicted molar refractivity (Wildman–Crippen MR) is 67.5 cm³/mol. The van der Waals surface area contributed by atoms with Crippen LogP contribution in [0.2, 0.25) is 0 Å². The van der Waals surface area contributed by atoms with Crippen LogP contribution >= 0.6 is 0 Å². The van der Waals surface area contributed by atoms with Crippen molar-refractivity contribution in [2.24, 2.45) is 12.8 Å². The molecule has 0 spiro atoms. The maximum Gasteiger partial charge on any atom is 0.0955 e. The molecule has 2 aromatic rings. The summed E-state index contributed by atoms with van der Waals surface area (Å²) < 4.78 is 2.02. The molecule has 0 saturated carbocycles. The molecule has 0 aliphatic rings. The molecule has 0 fully saturated rings. The van der Waals surface area contributed by atoms with Gasteiger partial charge in [-0.15, -0.1) is 0 Å². The number of unbranched alkanes of at least 4 members (excludes halogenated alkanes) is 1. The highest BCUT2D eigenvalue weighted by atomic mass is 15.0. The van der Waals surface area contributed by atoms with Gasteiger partial charge in [0.2, 0.25) is 0 Å². The molecule has 0 unspecified atom stereocenters. The van der Waals surface area contributed by atoms with Crippen molar-refractivity contribution >= 4 is 16.7 Å². The third-order valence-electron chi connectivity index (χ3n) is 2.69. The first-order valence-electron chi connectivity index (χ1n) is 5.66. The molecule has 0 saturated heterocycles. The van der Waals surface area contributed by atoms with E-state index in [1.807, 2.05) is 17.9 Å². The largest absolute Gasteiger partial charge is 0.385 e. The number of aryl methyl sites for hydroxylation is 1.